The van der Waals surface area contributed by atoms with Crippen LogP contribution in [0.3, 0.4) is 0 Å². The van der Waals surface area contributed by atoms with Gasteiger partial charge in [0.05, 0.1) is 18.8 Å². The van der Waals surface area contributed by atoms with Gasteiger partial charge in [-0.3, -0.25) is 0 Å². The number of ether oxygens (including phenoxy) is 2. The van der Waals surface area contributed by atoms with E-state index in [4.69, 9.17) is 15.2 Å². The molecule has 0 bridgehead atoms. The summed E-state index contributed by atoms with van der Waals surface area (Å²) in [5.74, 6) is 1.45. The van der Waals surface area contributed by atoms with E-state index in [9.17, 15) is 0 Å². The molecule has 1 aliphatic heterocycles. The Morgan fingerprint density at radius 3 is 2.62 bits per heavy atom. The summed E-state index contributed by atoms with van der Waals surface area (Å²) in [4.78, 5) is 0. The van der Waals surface area contributed by atoms with Crippen LogP contribution in [0.2, 0.25) is 0 Å². The van der Waals surface area contributed by atoms with Crippen LogP contribution < -0.4 is 5.73 Å². The maximum Gasteiger partial charge on any atom is 0.0804 e. The highest BCUT2D eigenvalue weighted by Gasteiger charge is 2.34. The molecule has 0 spiro atoms. The lowest BCUT2D eigenvalue weighted by atomic mass is 9.79. The first-order chi connectivity index (χ1) is 7.74. The molecule has 0 aromatic rings. The minimum absolute atomic E-state index is 0.0187. The Labute approximate surface area is 98.7 Å². The number of rotatable bonds is 4. The molecule has 2 N–H and O–H groups in total. The minimum atomic E-state index is -0.0187. The van der Waals surface area contributed by atoms with Crippen LogP contribution in [0.1, 0.15) is 39.0 Å². The van der Waals surface area contributed by atoms with Crippen molar-refractivity contribution in [1.82, 2.24) is 0 Å². The first-order valence-corrected chi connectivity index (χ1v) is 6.66. The van der Waals surface area contributed by atoms with E-state index < -0.39 is 0 Å². The van der Waals surface area contributed by atoms with Gasteiger partial charge in [-0.05, 0) is 38.0 Å². The highest BCUT2D eigenvalue weighted by atomic mass is 16.5. The predicted octanol–water partition coefficient (Wildman–Crippen LogP) is 1.95. The second-order valence-corrected chi connectivity index (χ2v) is 5.61. The van der Waals surface area contributed by atoms with Gasteiger partial charge in [0, 0.05) is 19.1 Å². The molecule has 0 aromatic heterocycles. The Morgan fingerprint density at radius 1 is 1.31 bits per heavy atom. The van der Waals surface area contributed by atoms with Crippen molar-refractivity contribution < 1.29 is 9.47 Å². The number of hydrogen-bond acceptors (Lipinski definition) is 3. The Morgan fingerprint density at radius 2 is 2.06 bits per heavy atom. The van der Waals surface area contributed by atoms with E-state index in [0.717, 1.165) is 45.0 Å². The molecule has 94 valence electrons. The van der Waals surface area contributed by atoms with Gasteiger partial charge in [0.15, 0.2) is 0 Å². The third-order valence-corrected chi connectivity index (χ3v) is 4.21. The van der Waals surface area contributed by atoms with Crippen molar-refractivity contribution in [2.24, 2.45) is 17.6 Å². The average Bonchev–Trinajstić information content (AvgIpc) is 2.82. The van der Waals surface area contributed by atoms with Crippen LogP contribution in [0.4, 0.5) is 0 Å². The molecule has 2 aliphatic rings. The maximum absolute atomic E-state index is 6.15. The molecule has 1 heterocycles. The highest BCUT2D eigenvalue weighted by Crippen LogP contribution is 2.34. The molecule has 2 fully saturated rings. The summed E-state index contributed by atoms with van der Waals surface area (Å²) in [6.45, 7) is 5.61. The number of nitrogens with two attached hydrogens (primary N) is 1. The summed E-state index contributed by atoms with van der Waals surface area (Å²) >= 11 is 0. The summed E-state index contributed by atoms with van der Waals surface area (Å²) in [6, 6.07) is 0. The smallest absolute Gasteiger partial charge is 0.0804 e. The zero-order chi connectivity index (χ0) is 11.4. The minimum Gasteiger partial charge on any atom is -0.381 e. The van der Waals surface area contributed by atoms with Gasteiger partial charge >= 0.3 is 0 Å². The molecule has 3 nitrogen and oxygen atoms in total. The van der Waals surface area contributed by atoms with Crippen molar-refractivity contribution in [2.45, 2.75) is 44.6 Å². The lowest BCUT2D eigenvalue weighted by Crippen LogP contribution is -2.44. The van der Waals surface area contributed by atoms with Crippen molar-refractivity contribution in [3.63, 3.8) is 0 Å². The van der Waals surface area contributed by atoms with Gasteiger partial charge in [-0.2, -0.15) is 0 Å². The van der Waals surface area contributed by atoms with Gasteiger partial charge in [-0.25, -0.2) is 0 Å². The molecule has 1 unspecified atom stereocenters. The monoisotopic (exact) mass is 227 g/mol. The Kier molecular flexibility index (Phi) is 4.22. The van der Waals surface area contributed by atoms with Crippen molar-refractivity contribution in [3.05, 3.63) is 0 Å². The van der Waals surface area contributed by atoms with Crippen LogP contribution in [0.5, 0.6) is 0 Å². The topological polar surface area (TPSA) is 44.5 Å². The van der Waals surface area contributed by atoms with Crippen molar-refractivity contribution in [1.29, 1.82) is 0 Å². The lowest BCUT2D eigenvalue weighted by molar-refractivity contribution is -0.0830. The fraction of sp³-hybridized carbons (Fsp3) is 1.00. The quantitative estimate of drug-likeness (QED) is 0.798. The van der Waals surface area contributed by atoms with E-state index in [0.29, 0.717) is 12.5 Å². The van der Waals surface area contributed by atoms with Gasteiger partial charge in [0.1, 0.15) is 0 Å². The fourth-order valence-electron chi connectivity index (χ4n) is 2.71. The lowest BCUT2D eigenvalue weighted by Gasteiger charge is -2.39. The van der Waals surface area contributed by atoms with Crippen LogP contribution >= 0.6 is 0 Å². The Hall–Kier alpha value is -0.120. The largest absolute Gasteiger partial charge is 0.381 e. The summed E-state index contributed by atoms with van der Waals surface area (Å²) in [5.41, 5.74) is 5.89. The van der Waals surface area contributed by atoms with E-state index >= 15 is 0 Å². The first kappa shape index (κ1) is 12.3. The highest BCUT2D eigenvalue weighted by molar-refractivity contribution is 4.87. The fourth-order valence-corrected chi connectivity index (χ4v) is 2.71. The third kappa shape index (κ3) is 2.96. The van der Waals surface area contributed by atoms with E-state index in [2.05, 4.69) is 6.92 Å². The molecular weight excluding hydrogens is 202 g/mol. The molecule has 2 rings (SSSR count). The van der Waals surface area contributed by atoms with Crippen molar-refractivity contribution in [2.75, 3.05) is 26.4 Å². The maximum atomic E-state index is 6.15. The predicted molar refractivity (Wildman–Crippen MR) is 64.3 cm³/mol. The van der Waals surface area contributed by atoms with Crippen molar-refractivity contribution in [3.8, 4) is 0 Å². The van der Waals surface area contributed by atoms with Crippen molar-refractivity contribution >= 4 is 0 Å². The molecule has 0 amide bonds. The molecule has 0 radical (unpaired) electrons. The molecule has 1 aliphatic carbocycles. The molecular formula is C13H25NO2. The Balaban J connectivity index is 1.79. The average molecular weight is 227 g/mol. The molecule has 1 saturated heterocycles. The van der Waals surface area contributed by atoms with Crippen LogP contribution in [-0.2, 0) is 9.47 Å². The van der Waals surface area contributed by atoms with Gasteiger partial charge in [0.25, 0.3) is 0 Å². The van der Waals surface area contributed by atoms with E-state index in [1.54, 1.807) is 0 Å². The van der Waals surface area contributed by atoms with E-state index in [1.165, 1.54) is 12.8 Å². The second kappa shape index (κ2) is 5.48. The molecule has 1 saturated carbocycles. The molecule has 1 atom stereocenters. The van der Waals surface area contributed by atoms with Gasteiger partial charge < -0.3 is 15.2 Å². The van der Waals surface area contributed by atoms with Gasteiger partial charge in [-0.15, -0.1) is 0 Å². The zero-order valence-corrected chi connectivity index (χ0v) is 10.4. The summed E-state index contributed by atoms with van der Waals surface area (Å²) in [7, 11) is 0. The number of hydrogen-bond donors (Lipinski definition) is 1. The SMILES string of the molecule is CC1CCC(CN)(OCC2CCOC2)CC1. The molecule has 0 aromatic carbocycles. The standard InChI is InChI=1S/C13H25NO2/c1-11-2-5-13(10-14,6-3-11)16-9-12-4-7-15-8-12/h11-12H,2-10,14H2,1H3. The zero-order valence-electron chi connectivity index (χ0n) is 10.4. The van der Waals surface area contributed by atoms with Crippen LogP contribution in [0, 0.1) is 11.8 Å². The first-order valence-electron chi connectivity index (χ1n) is 6.66. The third-order valence-electron chi connectivity index (χ3n) is 4.21. The molecule has 16 heavy (non-hydrogen) atoms. The van der Waals surface area contributed by atoms with Crippen LogP contribution in [-0.4, -0.2) is 32.0 Å². The van der Waals surface area contributed by atoms with Gasteiger partial charge in [0.2, 0.25) is 0 Å². The summed E-state index contributed by atoms with van der Waals surface area (Å²) in [5, 5.41) is 0. The Bertz CT molecular complexity index is 206. The van der Waals surface area contributed by atoms with Crippen LogP contribution in [0.15, 0.2) is 0 Å². The summed E-state index contributed by atoms with van der Waals surface area (Å²) < 4.78 is 11.5. The normalized spacial score (nSPS) is 40.1. The van der Waals surface area contributed by atoms with E-state index in [1.807, 2.05) is 0 Å². The van der Waals surface area contributed by atoms with E-state index in [-0.39, 0.29) is 5.60 Å². The van der Waals surface area contributed by atoms with Crippen LogP contribution in [0.25, 0.3) is 0 Å². The second-order valence-electron chi connectivity index (χ2n) is 5.61. The van der Waals surface area contributed by atoms with Gasteiger partial charge in [-0.1, -0.05) is 6.92 Å². The molecule has 3 heteroatoms. The summed E-state index contributed by atoms with van der Waals surface area (Å²) in [6.07, 6.45) is 5.95.